The Kier molecular flexibility index (Phi) is 6.84. The maximum absolute atomic E-state index is 12.1. The second-order valence-electron chi connectivity index (χ2n) is 5.53. The van der Waals surface area contributed by atoms with E-state index in [1.807, 2.05) is 6.07 Å². The van der Waals surface area contributed by atoms with E-state index in [1.165, 1.54) is 0 Å². The van der Waals surface area contributed by atoms with E-state index in [0.29, 0.717) is 10.0 Å². The molecule has 2 aromatic carbocycles. The summed E-state index contributed by atoms with van der Waals surface area (Å²) < 4.78 is 25.0. The molecule has 0 atom stereocenters. The van der Waals surface area contributed by atoms with Gasteiger partial charge in [-0.05, 0) is 29.3 Å². The van der Waals surface area contributed by atoms with Crippen LogP contribution in [0.25, 0.3) is 0 Å². The third-order valence-electron chi connectivity index (χ3n) is 3.50. The highest BCUT2D eigenvalue weighted by molar-refractivity contribution is 7.88. The first kappa shape index (κ1) is 19.7. The van der Waals surface area contributed by atoms with E-state index in [9.17, 15) is 13.2 Å². The molecule has 0 aromatic heterocycles. The van der Waals surface area contributed by atoms with Gasteiger partial charge >= 0.3 is 0 Å². The number of nitrogens with zero attached hydrogens (tertiary/aromatic N) is 1. The first-order valence-electron chi connectivity index (χ1n) is 7.45. The summed E-state index contributed by atoms with van der Waals surface area (Å²) in [6.45, 7) is 0.0540. The van der Waals surface area contributed by atoms with Gasteiger partial charge in [0, 0.05) is 23.1 Å². The van der Waals surface area contributed by atoms with Gasteiger partial charge in [-0.3, -0.25) is 4.79 Å². The Balaban J connectivity index is 2.00. The summed E-state index contributed by atoms with van der Waals surface area (Å²) in [5.74, 6) is -0.403. The zero-order valence-electron chi connectivity index (χ0n) is 13.6. The topological polar surface area (TPSA) is 66.5 Å². The third-order valence-corrected chi connectivity index (χ3v) is 5.31. The SMILES string of the molecule is CS(=O)(=O)N(CC(=O)NCc1ccccc1Cl)Cc1ccc(Cl)cc1. The summed E-state index contributed by atoms with van der Waals surface area (Å²) in [5.41, 5.74) is 1.51. The lowest BCUT2D eigenvalue weighted by atomic mass is 10.2. The molecule has 0 aliphatic heterocycles. The Hall–Kier alpha value is -1.60. The van der Waals surface area contributed by atoms with Gasteiger partial charge in [-0.25, -0.2) is 8.42 Å². The second kappa shape index (κ2) is 8.67. The van der Waals surface area contributed by atoms with Gasteiger partial charge in [0.15, 0.2) is 0 Å². The van der Waals surface area contributed by atoms with Crippen molar-refractivity contribution >= 4 is 39.1 Å². The number of rotatable bonds is 7. The van der Waals surface area contributed by atoms with Crippen LogP contribution in [0.5, 0.6) is 0 Å². The zero-order chi connectivity index (χ0) is 18.4. The van der Waals surface area contributed by atoms with Crippen molar-refractivity contribution in [1.82, 2.24) is 9.62 Å². The molecule has 1 amide bonds. The van der Waals surface area contributed by atoms with Gasteiger partial charge in [0.2, 0.25) is 15.9 Å². The quantitative estimate of drug-likeness (QED) is 0.776. The maximum Gasteiger partial charge on any atom is 0.235 e. The normalized spacial score (nSPS) is 11.5. The van der Waals surface area contributed by atoms with Crippen LogP contribution in [0.1, 0.15) is 11.1 Å². The summed E-state index contributed by atoms with van der Waals surface area (Å²) >= 11 is 11.9. The van der Waals surface area contributed by atoms with Crippen LogP contribution in [0.4, 0.5) is 0 Å². The summed E-state index contributed by atoms with van der Waals surface area (Å²) in [4.78, 5) is 12.1. The third kappa shape index (κ3) is 6.32. The average molecular weight is 401 g/mol. The minimum Gasteiger partial charge on any atom is -0.351 e. The van der Waals surface area contributed by atoms with Crippen LogP contribution >= 0.6 is 23.2 Å². The lowest BCUT2D eigenvalue weighted by Crippen LogP contribution is -2.39. The molecule has 0 saturated heterocycles. The van der Waals surface area contributed by atoms with Crippen LogP contribution in [0.2, 0.25) is 10.0 Å². The predicted octanol–water partition coefficient (Wildman–Crippen LogP) is 3.07. The molecule has 0 aliphatic rings. The van der Waals surface area contributed by atoms with E-state index >= 15 is 0 Å². The van der Waals surface area contributed by atoms with E-state index in [-0.39, 0.29) is 19.6 Å². The number of benzene rings is 2. The number of sulfonamides is 1. The Morgan fingerprint density at radius 3 is 2.32 bits per heavy atom. The predicted molar refractivity (Wildman–Crippen MR) is 100 cm³/mol. The standard InChI is InChI=1S/C17H18Cl2N2O3S/c1-25(23,24)21(11-13-6-8-15(18)9-7-13)12-17(22)20-10-14-4-2-3-5-16(14)19/h2-9H,10-12H2,1H3,(H,20,22). The zero-order valence-corrected chi connectivity index (χ0v) is 15.9. The molecule has 0 unspecified atom stereocenters. The molecule has 5 nitrogen and oxygen atoms in total. The highest BCUT2D eigenvalue weighted by Crippen LogP contribution is 2.15. The molecular formula is C17H18Cl2N2O3S. The smallest absolute Gasteiger partial charge is 0.235 e. The maximum atomic E-state index is 12.1. The highest BCUT2D eigenvalue weighted by atomic mass is 35.5. The molecule has 134 valence electrons. The number of nitrogens with one attached hydrogen (secondary N) is 1. The van der Waals surface area contributed by atoms with Gasteiger partial charge in [0.1, 0.15) is 0 Å². The van der Waals surface area contributed by atoms with Crippen molar-refractivity contribution in [3.63, 3.8) is 0 Å². The van der Waals surface area contributed by atoms with Crippen molar-refractivity contribution in [3.8, 4) is 0 Å². The van der Waals surface area contributed by atoms with Gasteiger partial charge in [-0.2, -0.15) is 4.31 Å². The largest absolute Gasteiger partial charge is 0.351 e. The van der Waals surface area contributed by atoms with Gasteiger partial charge in [-0.15, -0.1) is 0 Å². The van der Waals surface area contributed by atoms with Crippen molar-refractivity contribution in [2.45, 2.75) is 13.1 Å². The van der Waals surface area contributed by atoms with E-state index in [4.69, 9.17) is 23.2 Å². The van der Waals surface area contributed by atoms with Crippen LogP contribution in [-0.2, 0) is 27.9 Å². The Morgan fingerprint density at radius 2 is 1.72 bits per heavy atom. The summed E-state index contributed by atoms with van der Waals surface area (Å²) in [5, 5.41) is 3.79. The van der Waals surface area contributed by atoms with Gasteiger partial charge in [0.05, 0.1) is 12.8 Å². The lowest BCUT2D eigenvalue weighted by Gasteiger charge is -2.19. The molecule has 0 spiro atoms. The van der Waals surface area contributed by atoms with Crippen LogP contribution in [0, 0.1) is 0 Å². The minimum atomic E-state index is -3.55. The van der Waals surface area contributed by atoms with E-state index in [0.717, 1.165) is 21.7 Å². The molecule has 2 rings (SSSR count). The first-order chi connectivity index (χ1) is 11.8. The summed E-state index contributed by atoms with van der Waals surface area (Å²) in [6, 6.07) is 13.9. The lowest BCUT2D eigenvalue weighted by molar-refractivity contribution is -0.121. The van der Waals surface area contributed by atoms with Crippen molar-refractivity contribution in [1.29, 1.82) is 0 Å². The Morgan fingerprint density at radius 1 is 1.08 bits per heavy atom. The van der Waals surface area contributed by atoms with E-state index in [1.54, 1.807) is 42.5 Å². The number of carbonyl (C=O) groups excluding carboxylic acids is 1. The van der Waals surface area contributed by atoms with E-state index in [2.05, 4.69) is 5.32 Å². The second-order valence-corrected chi connectivity index (χ2v) is 8.35. The molecule has 8 heteroatoms. The number of carbonyl (C=O) groups is 1. The van der Waals surface area contributed by atoms with Crippen LogP contribution in [0.3, 0.4) is 0 Å². The molecule has 0 aliphatic carbocycles. The fourth-order valence-corrected chi connectivity index (χ4v) is 3.20. The molecule has 2 aromatic rings. The molecule has 0 radical (unpaired) electrons. The number of halogens is 2. The van der Waals surface area contributed by atoms with Crippen molar-refractivity contribution in [2.75, 3.05) is 12.8 Å². The number of amides is 1. The van der Waals surface area contributed by atoms with E-state index < -0.39 is 15.9 Å². The van der Waals surface area contributed by atoms with Crippen molar-refractivity contribution in [2.24, 2.45) is 0 Å². The molecule has 0 bridgehead atoms. The van der Waals surface area contributed by atoms with Gasteiger partial charge in [0.25, 0.3) is 0 Å². The molecule has 0 saturated carbocycles. The Labute approximate surface area is 157 Å². The number of hydrogen-bond donors (Lipinski definition) is 1. The summed E-state index contributed by atoms with van der Waals surface area (Å²) in [6.07, 6.45) is 1.07. The van der Waals surface area contributed by atoms with Crippen molar-refractivity contribution < 1.29 is 13.2 Å². The first-order valence-corrected chi connectivity index (χ1v) is 10.1. The molecule has 25 heavy (non-hydrogen) atoms. The van der Waals surface area contributed by atoms with Crippen molar-refractivity contribution in [3.05, 3.63) is 69.7 Å². The molecule has 1 N–H and O–H groups in total. The van der Waals surface area contributed by atoms with Crippen LogP contribution in [-0.4, -0.2) is 31.4 Å². The average Bonchev–Trinajstić information content (AvgIpc) is 2.54. The fourth-order valence-electron chi connectivity index (χ4n) is 2.14. The highest BCUT2D eigenvalue weighted by Gasteiger charge is 2.20. The van der Waals surface area contributed by atoms with Crippen LogP contribution in [0.15, 0.2) is 48.5 Å². The Bertz CT molecular complexity index is 839. The van der Waals surface area contributed by atoms with Crippen LogP contribution < -0.4 is 5.32 Å². The molecule has 0 fully saturated rings. The minimum absolute atomic E-state index is 0.0928. The summed E-state index contributed by atoms with van der Waals surface area (Å²) in [7, 11) is -3.55. The van der Waals surface area contributed by atoms with Gasteiger partial charge in [-0.1, -0.05) is 53.5 Å². The fraction of sp³-hybridized carbons (Fsp3) is 0.235. The monoisotopic (exact) mass is 400 g/mol. The molecular weight excluding hydrogens is 383 g/mol. The molecule has 0 heterocycles. The number of hydrogen-bond acceptors (Lipinski definition) is 3. The van der Waals surface area contributed by atoms with Gasteiger partial charge < -0.3 is 5.32 Å².